The number of amides is 3. The van der Waals surface area contributed by atoms with Gasteiger partial charge >= 0.3 is 0 Å². The van der Waals surface area contributed by atoms with Crippen molar-refractivity contribution in [2.45, 2.75) is 50.2 Å². The van der Waals surface area contributed by atoms with Gasteiger partial charge in [-0.25, -0.2) is 4.39 Å². The number of hydrogen-bond donors (Lipinski definition) is 2. The molecule has 1 saturated heterocycles. The van der Waals surface area contributed by atoms with Crippen LogP contribution in [-0.2, 0) is 19.8 Å². The van der Waals surface area contributed by atoms with Crippen molar-refractivity contribution in [3.63, 3.8) is 0 Å². The van der Waals surface area contributed by atoms with Gasteiger partial charge in [-0.05, 0) is 79.9 Å². The van der Waals surface area contributed by atoms with Crippen molar-refractivity contribution in [1.29, 1.82) is 0 Å². The predicted molar refractivity (Wildman–Crippen MR) is 156 cm³/mol. The van der Waals surface area contributed by atoms with Crippen molar-refractivity contribution in [2.24, 2.45) is 0 Å². The van der Waals surface area contributed by atoms with E-state index in [1.165, 1.54) is 17.0 Å². The second kappa shape index (κ2) is 10.3. The molecule has 2 N–H and O–H groups in total. The number of piperidine rings is 1. The van der Waals surface area contributed by atoms with Crippen molar-refractivity contribution in [2.75, 3.05) is 19.4 Å². The van der Waals surface area contributed by atoms with E-state index in [2.05, 4.69) is 10.6 Å². The maximum absolute atomic E-state index is 14.7. The lowest BCUT2D eigenvalue weighted by Crippen LogP contribution is -2.57. The minimum atomic E-state index is -1.44. The fraction of sp³-hybridized carbons (Fsp3) is 0.323. The monoisotopic (exact) mass is 597 g/mol. The van der Waals surface area contributed by atoms with Gasteiger partial charge in [0, 0.05) is 47.7 Å². The number of aryl methyl sites for hydroxylation is 1. The molecule has 7 nitrogen and oxygen atoms in total. The summed E-state index contributed by atoms with van der Waals surface area (Å²) in [6.07, 6.45) is -0.0981. The Bertz CT molecular complexity index is 1590. The molecular formula is C31H30Cl2FN3O4. The number of benzene rings is 3. The molecule has 3 aromatic rings. The Morgan fingerprint density at radius 2 is 1.71 bits per heavy atom. The molecule has 1 unspecified atom stereocenters. The van der Waals surface area contributed by atoms with Crippen molar-refractivity contribution in [3.05, 3.63) is 92.7 Å². The lowest BCUT2D eigenvalue weighted by atomic mass is 9.59. The van der Waals surface area contributed by atoms with E-state index in [4.69, 9.17) is 27.9 Å². The largest absolute Gasteiger partial charge is 0.478 e. The number of nitrogens with one attached hydrogen (secondary N) is 2. The Hall–Kier alpha value is -3.62. The third-order valence-corrected chi connectivity index (χ3v) is 8.41. The summed E-state index contributed by atoms with van der Waals surface area (Å²) in [6, 6.07) is 13.4. The second-order valence-electron chi connectivity index (χ2n) is 11.3. The third-order valence-electron chi connectivity index (χ3n) is 7.94. The number of halogens is 3. The summed E-state index contributed by atoms with van der Waals surface area (Å²) in [5.74, 6) is -2.00. The molecule has 0 bridgehead atoms. The van der Waals surface area contributed by atoms with Crippen LogP contribution in [0.1, 0.15) is 54.5 Å². The first kappa shape index (κ1) is 28.9. The Labute approximate surface area is 248 Å². The van der Waals surface area contributed by atoms with Crippen molar-refractivity contribution in [1.82, 2.24) is 10.2 Å². The van der Waals surface area contributed by atoms with Crippen LogP contribution < -0.4 is 15.4 Å². The molecule has 3 atom stereocenters. The molecule has 0 aliphatic carbocycles. The number of ether oxygens (including phenoxy) is 1. The Morgan fingerprint density at radius 1 is 1.02 bits per heavy atom. The number of likely N-dealkylation sites (N-methyl/N-ethyl adjacent to an activating group) is 1. The lowest BCUT2D eigenvalue weighted by Gasteiger charge is -2.47. The first-order valence-corrected chi connectivity index (χ1v) is 13.9. The van der Waals surface area contributed by atoms with Crippen LogP contribution in [0.5, 0.6) is 5.75 Å². The molecule has 2 aliphatic rings. The van der Waals surface area contributed by atoms with Gasteiger partial charge in [0.1, 0.15) is 17.0 Å². The third kappa shape index (κ3) is 4.83. The van der Waals surface area contributed by atoms with Gasteiger partial charge < -0.3 is 20.3 Å². The van der Waals surface area contributed by atoms with E-state index >= 15 is 0 Å². The molecule has 2 heterocycles. The van der Waals surface area contributed by atoms with E-state index in [0.29, 0.717) is 43.7 Å². The summed E-state index contributed by atoms with van der Waals surface area (Å²) in [5, 5.41) is 6.74. The number of anilines is 1. The zero-order chi connectivity index (χ0) is 29.9. The molecule has 1 spiro atoms. The summed E-state index contributed by atoms with van der Waals surface area (Å²) < 4.78 is 21.0. The second-order valence-corrected chi connectivity index (χ2v) is 12.1. The summed E-state index contributed by atoms with van der Waals surface area (Å²) in [4.78, 5) is 42.2. The van der Waals surface area contributed by atoms with Crippen LogP contribution in [0.4, 0.5) is 10.1 Å². The molecule has 10 heteroatoms. The van der Waals surface area contributed by atoms with Crippen LogP contribution in [0.25, 0.3) is 0 Å². The highest BCUT2D eigenvalue weighted by molar-refractivity contribution is 6.31. The lowest BCUT2D eigenvalue weighted by molar-refractivity contribution is -0.143. The Kier molecular flexibility index (Phi) is 7.28. The fourth-order valence-corrected chi connectivity index (χ4v) is 6.54. The SMILES string of the molecule is Cc1ccc(F)cc1[C@@H]1NC(=O)C[C@H](c2cc(Cl)ccc2OC(C)(C)C(=O)N(C)C)C12C(=O)Nc1cc(Cl)ccc12. The molecule has 0 radical (unpaired) electrons. The minimum absolute atomic E-state index is 0.0981. The van der Waals surface area contributed by atoms with Gasteiger partial charge in [0.25, 0.3) is 5.91 Å². The zero-order valence-corrected chi connectivity index (χ0v) is 24.8. The van der Waals surface area contributed by atoms with Gasteiger partial charge in [0.15, 0.2) is 5.60 Å². The van der Waals surface area contributed by atoms with Crippen molar-refractivity contribution < 1.29 is 23.5 Å². The van der Waals surface area contributed by atoms with Gasteiger partial charge in [-0.3, -0.25) is 14.4 Å². The van der Waals surface area contributed by atoms with Gasteiger partial charge in [-0.15, -0.1) is 0 Å². The minimum Gasteiger partial charge on any atom is -0.478 e. The van der Waals surface area contributed by atoms with Crippen LogP contribution in [0.3, 0.4) is 0 Å². The van der Waals surface area contributed by atoms with E-state index in [-0.39, 0.29) is 24.1 Å². The van der Waals surface area contributed by atoms with E-state index in [1.54, 1.807) is 77.3 Å². The Balaban J connectivity index is 1.80. The molecular weight excluding hydrogens is 568 g/mol. The van der Waals surface area contributed by atoms with Crippen LogP contribution in [0.2, 0.25) is 10.0 Å². The molecule has 41 heavy (non-hydrogen) atoms. The fourth-order valence-electron chi connectivity index (χ4n) is 6.18. The summed E-state index contributed by atoms with van der Waals surface area (Å²) in [6.45, 7) is 5.10. The summed E-state index contributed by atoms with van der Waals surface area (Å²) >= 11 is 12.8. The Morgan fingerprint density at radius 3 is 2.41 bits per heavy atom. The number of rotatable bonds is 5. The molecule has 1 fully saturated rings. The molecule has 5 rings (SSSR count). The number of carbonyl (C=O) groups excluding carboxylic acids is 3. The number of nitrogens with zero attached hydrogens (tertiary/aromatic N) is 1. The summed E-state index contributed by atoms with van der Waals surface area (Å²) in [7, 11) is 3.26. The van der Waals surface area contributed by atoms with Crippen molar-refractivity contribution >= 4 is 46.6 Å². The van der Waals surface area contributed by atoms with Crippen LogP contribution in [0.15, 0.2) is 54.6 Å². The number of carbonyl (C=O) groups is 3. The molecule has 3 amide bonds. The smallest absolute Gasteiger partial charge is 0.265 e. The van der Waals surface area contributed by atoms with Crippen LogP contribution in [0, 0.1) is 12.7 Å². The highest BCUT2D eigenvalue weighted by Crippen LogP contribution is 2.59. The van der Waals surface area contributed by atoms with E-state index < -0.39 is 28.8 Å². The van der Waals surface area contributed by atoms with Crippen LogP contribution in [-0.4, -0.2) is 42.3 Å². The highest BCUT2D eigenvalue weighted by atomic mass is 35.5. The first-order chi connectivity index (χ1) is 19.2. The average molecular weight is 599 g/mol. The molecule has 2 aliphatic heterocycles. The van der Waals surface area contributed by atoms with Gasteiger partial charge in [-0.1, -0.05) is 35.3 Å². The van der Waals surface area contributed by atoms with Gasteiger partial charge in [0.05, 0.1) is 6.04 Å². The van der Waals surface area contributed by atoms with Crippen LogP contribution >= 0.6 is 23.2 Å². The standard InChI is InChI=1S/C31H30Cl2FN3O4/c1-16-6-9-19(34)14-20(16)27-31(22-10-7-18(33)13-24(22)35-28(31)39)23(15-26(38)36-27)21-12-17(32)8-11-25(21)41-30(2,3)29(40)37(4)5/h6-14,23,27H,15H2,1-5H3,(H,35,39)(H,36,38)/t23-,27+,31?/m1/s1. The first-order valence-electron chi connectivity index (χ1n) is 13.1. The maximum Gasteiger partial charge on any atom is 0.265 e. The average Bonchev–Trinajstić information content (AvgIpc) is 3.18. The highest BCUT2D eigenvalue weighted by Gasteiger charge is 2.62. The van der Waals surface area contributed by atoms with E-state index in [0.717, 1.165) is 0 Å². The van der Waals surface area contributed by atoms with Gasteiger partial charge in [-0.2, -0.15) is 0 Å². The van der Waals surface area contributed by atoms with E-state index in [1.807, 2.05) is 0 Å². The number of hydrogen-bond acceptors (Lipinski definition) is 4. The van der Waals surface area contributed by atoms with Gasteiger partial charge in [0.2, 0.25) is 11.8 Å². The maximum atomic E-state index is 14.7. The zero-order valence-electron chi connectivity index (χ0n) is 23.3. The number of fused-ring (bicyclic) bond motifs is 2. The predicted octanol–water partition coefficient (Wildman–Crippen LogP) is 5.92. The molecule has 3 aromatic carbocycles. The van der Waals surface area contributed by atoms with Crippen molar-refractivity contribution in [3.8, 4) is 5.75 Å². The van der Waals surface area contributed by atoms with E-state index in [9.17, 15) is 18.8 Å². The molecule has 0 saturated carbocycles. The molecule has 0 aromatic heterocycles. The molecule has 214 valence electrons. The normalized spacial score (nSPS) is 21.8. The quantitative estimate of drug-likeness (QED) is 0.382. The summed E-state index contributed by atoms with van der Waals surface area (Å²) in [5.41, 5.74) is 0.0171. The topological polar surface area (TPSA) is 87.7 Å².